The summed E-state index contributed by atoms with van der Waals surface area (Å²) in [4.78, 5) is 34.4. The van der Waals surface area contributed by atoms with Crippen LogP contribution in [0.2, 0.25) is 0 Å². The summed E-state index contributed by atoms with van der Waals surface area (Å²) in [7, 11) is -11.4. The predicted molar refractivity (Wildman–Crippen MR) is 163 cm³/mol. The molecule has 2 aromatic rings. The highest BCUT2D eigenvalue weighted by Crippen LogP contribution is 2.38. The molecule has 0 aliphatic carbocycles. The fraction of sp³-hybridized carbons (Fsp3) is 0.318. The number of carbonyl (C=O) groups excluding carboxylic acids is 3. The van der Waals surface area contributed by atoms with Gasteiger partial charge in [0.15, 0.2) is 10.1 Å². The molecule has 2 aromatic carbocycles. The van der Waals surface area contributed by atoms with Crippen LogP contribution < -0.4 is 4.74 Å². The van der Waals surface area contributed by atoms with Crippen molar-refractivity contribution in [1.29, 1.82) is 0 Å². The normalized spacial score (nSPS) is 12.8. The van der Waals surface area contributed by atoms with Gasteiger partial charge in [0.1, 0.15) is 32.9 Å². The molecule has 0 fully saturated rings. The number of halogens is 8. The largest absolute Gasteiger partial charge is 0.748 e. The lowest BCUT2D eigenvalue weighted by Crippen LogP contribution is -2.52. The molecule has 1 atom stereocenters. The van der Waals surface area contributed by atoms with Crippen LogP contribution in [0.25, 0.3) is 0 Å². The number of ether oxygens (including phenoxy) is 3. The lowest BCUT2D eigenvalue weighted by molar-refractivity contribution is -0.259. The number of esters is 3. The van der Waals surface area contributed by atoms with Crippen molar-refractivity contribution in [3.63, 3.8) is 0 Å². The monoisotopic (exact) mass is 1030 g/mol. The Kier molecular flexibility index (Phi) is 15.5. The van der Waals surface area contributed by atoms with E-state index >= 15 is 0 Å². The number of para-hydroxylation sites is 1. The number of aromatic hydroxyl groups is 1. The number of hydrogen-bond donors (Lipinski definition) is 1. The molecule has 23 heteroatoms. The summed E-state index contributed by atoms with van der Waals surface area (Å²) >= 11 is 5.40. The van der Waals surface area contributed by atoms with Crippen LogP contribution in [0, 0.1) is 10.7 Å². The molecule has 13 nitrogen and oxygen atoms in total. The summed E-state index contributed by atoms with van der Waals surface area (Å²) < 4.78 is 141. The van der Waals surface area contributed by atoms with E-state index in [1.165, 1.54) is 18.2 Å². The maximum atomic E-state index is 13.2. The molecule has 0 aliphatic rings. The van der Waals surface area contributed by atoms with Gasteiger partial charge in [0.05, 0.1) is 13.7 Å². The molecule has 1 unspecified atom stereocenters. The van der Waals surface area contributed by atoms with Crippen molar-refractivity contribution in [1.82, 2.24) is 0 Å². The smallest absolute Gasteiger partial charge is 0.432 e. The Hall–Kier alpha value is -1.69. The van der Waals surface area contributed by atoms with E-state index in [9.17, 15) is 67.4 Å². The van der Waals surface area contributed by atoms with Gasteiger partial charge >= 0.3 is 29.3 Å². The van der Waals surface area contributed by atoms with Crippen molar-refractivity contribution in [2.75, 3.05) is 12.4 Å². The van der Waals surface area contributed by atoms with Gasteiger partial charge in [-0.25, -0.2) is 21.6 Å². The highest BCUT2D eigenvalue weighted by Gasteiger charge is 2.62. The van der Waals surface area contributed by atoms with E-state index < -0.39 is 80.9 Å². The van der Waals surface area contributed by atoms with Crippen LogP contribution in [0.4, 0.5) is 22.0 Å². The molecule has 0 heterocycles. The van der Waals surface area contributed by atoms with E-state index in [0.29, 0.717) is 10.7 Å². The molecule has 0 saturated heterocycles. The van der Waals surface area contributed by atoms with E-state index in [1.807, 2.05) is 22.6 Å². The second-order valence-electron chi connectivity index (χ2n) is 8.03. The van der Waals surface area contributed by atoms with Gasteiger partial charge in [-0.3, -0.25) is 9.59 Å². The second-order valence-corrected chi connectivity index (χ2v) is 14.4. The number of benzene rings is 2. The van der Waals surface area contributed by atoms with E-state index in [-0.39, 0.29) is 17.1 Å². The fourth-order valence-corrected chi connectivity index (χ4v) is 5.05. The number of alkyl halides is 5. The summed E-state index contributed by atoms with van der Waals surface area (Å²) in [6.07, 6.45) is -12.0. The van der Waals surface area contributed by atoms with Gasteiger partial charge in [0.2, 0.25) is 0 Å². The van der Waals surface area contributed by atoms with Gasteiger partial charge in [-0.05, 0) is 98.5 Å². The molecule has 0 aromatic heterocycles. The van der Waals surface area contributed by atoms with E-state index in [1.54, 1.807) is 63.4 Å². The molecule has 2 rings (SSSR count). The number of phenolic OH excluding ortho intramolecular Hbond substituents is 1. The molecule has 45 heavy (non-hydrogen) atoms. The highest BCUT2D eigenvalue weighted by atomic mass is 127. The lowest BCUT2D eigenvalue weighted by Gasteiger charge is -2.29. The van der Waals surface area contributed by atoms with Gasteiger partial charge < -0.3 is 28.4 Å². The van der Waals surface area contributed by atoms with Crippen LogP contribution in [-0.2, 0) is 39.3 Å². The molecular weight excluding hydrogens is 1010 g/mol. The average Bonchev–Trinajstić information content (AvgIpc) is 2.87. The molecule has 0 bridgehead atoms. The second kappa shape index (κ2) is 16.9. The highest BCUT2D eigenvalue weighted by molar-refractivity contribution is 14.1. The van der Waals surface area contributed by atoms with E-state index in [0.717, 1.165) is 0 Å². The summed E-state index contributed by atoms with van der Waals surface area (Å²) in [5, 5.41) is 3.93. The van der Waals surface area contributed by atoms with Crippen LogP contribution in [0.1, 0.15) is 23.2 Å². The Morgan fingerprint density at radius 1 is 0.867 bits per heavy atom. The minimum atomic E-state index is -6.78. The van der Waals surface area contributed by atoms with Crippen molar-refractivity contribution in [3.05, 3.63) is 52.7 Å². The fourth-order valence-electron chi connectivity index (χ4n) is 2.66. The van der Waals surface area contributed by atoms with Crippen LogP contribution in [0.15, 0.2) is 36.4 Å². The molecule has 0 radical (unpaired) electrons. The minimum absolute atomic E-state index is 0.192. The van der Waals surface area contributed by atoms with Gasteiger partial charge in [0, 0.05) is 9.99 Å². The van der Waals surface area contributed by atoms with Crippen molar-refractivity contribution in [2.24, 2.45) is 0 Å². The van der Waals surface area contributed by atoms with E-state index in [2.05, 4.69) is 4.74 Å². The minimum Gasteiger partial charge on any atom is -0.748 e. The zero-order chi connectivity index (χ0) is 35.0. The zero-order valence-electron chi connectivity index (χ0n) is 21.6. The Morgan fingerprint density at radius 3 is 1.93 bits per heavy atom. The van der Waals surface area contributed by atoms with Gasteiger partial charge in [0.25, 0.3) is 6.10 Å². The SMILES string of the molecule is O=C(CCCOC(=O)c1c(I)ccc(I)c1O)OC(C(F)(F)F)C(F)(F)S(=O)(=O)[O-].O=C(CS(=O)(=O)[O-])Oc1ccccc1I. The van der Waals surface area contributed by atoms with Crippen LogP contribution in [0.3, 0.4) is 0 Å². The quantitative estimate of drug-likeness (QED) is 0.0847. The predicted octanol–water partition coefficient (Wildman–Crippen LogP) is 3.89. The third-order valence-electron chi connectivity index (χ3n) is 4.58. The first kappa shape index (κ1) is 41.3. The summed E-state index contributed by atoms with van der Waals surface area (Å²) in [5.74, 6) is -5.27. The first-order valence-electron chi connectivity index (χ1n) is 11.2. The third kappa shape index (κ3) is 13.5. The van der Waals surface area contributed by atoms with Crippen LogP contribution in [0.5, 0.6) is 11.5 Å². The molecular formula is C22H16F5I3O13S2-2. The average molecular weight is 1030 g/mol. The molecule has 252 valence electrons. The van der Waals surface area contributed by atoms with Crippen LogP contribution in [-0.4, -0.2) is 78.9 Å². The number of rotatable bonds is 11. The van der Waals surface area contributed by atoms with Gasteiger partial charge in [-0.1, -0.05) is 12.1 Å². The van der Waals surface area contributed by atoms with Crippen molar-refractivity contribution >= 4 is 106 Å². The summed E-state index contributed by atoms with van der Waals surface area (Å²) in [6, 6.07) is 9.59. The number of phenols is 1. The summed E-state index contributed by atoms with van der Waals surface area (Å²) in [6.45, 7) is -0.568. The van der Waals surface area contributed by atoms with Gasteiger partial charge in [-0.15, -0.1) is 0 Å². The molecule has 0 aliphatic heterocycles. The molecule has 0 amide bonds. The Labute approximate surface area is 292 Å². The van der Waals surface area contributed by atoms with Crippen molar-refractivity contribution in [2.45, 2.75) is 30.4 Å². The first-order valence-corrected chi connectivity index (χ1v) is 17.4. The maximum absolute atomic E-state index is 13.2. The zero-order valence-corrected chi connectivity index (χ0v) is 29.7. The maximum Gasteiger partial charge on any atom is 0.432 e. The molecule has 0 spiro atoms. The Balaban J connectivity index is 0.000000562. The first-order chi connectivity index (χ1) is 20.4. The molecule has 1 N–H and O–H groups in total. The van der Waals surface area contributed by atoms with E-state index in [4.69, 9.17) is 9.47 Å². The van der Waals surface area contributed by atoms with Crippen molar-refractivity contribution < 1.29 is 81.6 Å². The standard InChI is InChI=1S/C14H11F5I2O8S.C8H7IO5S/c15-13(16,17)12(14(18,19)30(25,26)27)29-8(22)2-1-5-28-11(24)9-6(20)3-4-7(21)10(9)23;9-6-3-1-2-4-7(6)14-8(10)5-15(11,12)13/h3-4,12,23H,1-2,5H2,(H,25,26,27);1-4H,5H2,(H,11,12,13)/p-2. The number of hydrogen-bond acceptors (Lipinski definition) is 13. The summed E-state index contributed by atoms with van der Waals surface area (Å²) in [5.41, 5.74) is -0.192. The third-order valence-corrected chi connectivity index (χ3v) is 8.71. The van der Waals surface area contributed by atoms with Gasteiger partial charge in [-0.2, -0.15) is 22.0 Å². The number of carbonyl (C=O) groups is 3. The Bertz CT molecular complexity index is 1620. The molecule has 0 saturated carbocycles. The topological polar surface area (TPSA) is 214 Å². The lowest BCUT2D eigenvalue weighted by atomic mass is 10.2. The van der Waals surface area contributed by atoms with Crippen LogP contribution >= 0.6 is 67.8 Å². The van der Waals surface area contributed by atoms with Crippen molar-refractivity contribution in [3.8, 4) is 11.5 Å². The Morgan fingerprint density at radius 2 is 1.42 bits per heavy atom.